The van der Waals surface area contributed by atoms with Crippen LogP contribution in [-0.2, 0) is 0 Å². The molecule has 0 fully saturated rings. The molecule has 126 valence electrons. The smallest absolute Gasteiger partial charge is 0.0643 e. The Balaban J connectivity index is 2.05. The summed E-state index contributed by atoms with van der Waals surface area (Å²) in [5.74, 6) is 0. The highest BCUT2D eigenvalue weighted by molar-refractivity contribution is 6.31. The van der Waals surface area contributed by atoms with Gasteiger partial charge in [0.15, 0.2) is 0 Å². The molecular formula is C18H20Cl2N4. The van der Waals surface area contributed by atoms with Crippen LogP contribution in [0.2, 0.25) is 10.0 Å². The Morgan fingerprint density at radius 2 is 1.71 bits per heavy atom. The largest absolute Gasteiger partial charge is 0.380 e. The number of hydrogen-bond donors (Lipinski definition) is 3. The summed E-state index contributed by atoms with van der Waals surface area (Å²) < 4.78 is 0. The average molecular weight is 363 g/mol. The predicted octanol–water partition coefficient (Wildman–Crippen LogP) is 4.10. The number of benzene rings is 2. The zero-order chi connectivity index (χ0) is 17.5. The third kappa shape index (κ3) is 5.40. The molecular weight excluding hydrogens is 343 g/mol. The third-order valence-electron chi connectivity index (χ3n) is 3.81. The molecule has 2 aromatic rings. The molecule has 0 aliphatic carbocycles. The number of nitrogens with two attached hydrogens (primary N) is 2. The minimum atomic E-state index is -0.294. The number of nitriles is 1. The summed E-state index contributed by atoms with van der Waals surface area (Å²) in [5.41, 5.74) is 14.3. The fourth-order valence-electron chi connectivity index (χ4n) is 2.53. The van der Waals surface area contributed by atoms with Crippen LogP contribution in [0.15, 0.2) is 48.5 Å². The molecule has 0 heterocycles. The first kappa shape index (κ1) is 18.6. The van der Waals surface area contributed by atoms with Crippen LogP contribution in [0.25, 0.3) is 0 Å². The van der Waals surface area contributed by atoms with E-state index in [-0.39, 0.29) is 24.5 Å². The van der Waals surface area contributed by atoms with Crippen LogP contribution in [0.1, 0.15) is 24.4 Å². The molecule has 5 N–H and O–H groups in total. The summed E-state index contributed by atoms with van der Waals surface area (Å²) >= 11 is 12.0. The Kier molecular flexibility index (Phi) is 6.89. The van der Waals surface area contributed by atoms with E-state index in [0.717, 1.165) is 11.3 Å². The van der Waals surface area contributed by atoms with Crippen molar-refractivity contribution in [2.45, 2.75) is 31.0 Å². The fraction of sp³-hybridized carbons (Fsp3) is 0.278. The highest BCUT2D eigenvalue weighted by atomic mass is 35.5. The Labute approximate surface area is 152 Å². The fourth-order valence-corrected chi connectivity index (χ4v) is 2.92. The topological polar surface area (TPSA) is 87.9 Å². The van der Waals surface area contributed by atoms with Gasteiger partial charge in [-0.05, 0) is 42.3 Å². The first-order valence-electron chi connectivity index (χ1n) is 7.65. The first-order valence-corrected chi connectivity index (χ1v) is 8.41. The zero-order valence-corrected chi connectivity index (χ0v) is 14.6. The summed E-state index contributed by atoms with van der Waals surface area (Å²) in [6.45, 7) is 0. The standard InChI is InChI=1S/C18H20Cl2N4/c19-13-4-1-3-12(9-13)16(22)11-17(23)18(7-8-21)24-15-6-2-5-14(20)10-15/h1-6,9-10,16-18,24H,7,11,22-23H2. The maximum Gasteiger partial charge on any atom is 0.0643 e. The lowest BCUT2D eigenvalue weighted by Crippen LogP contribution is -2.42. The second-order valence-electron chi connectivity index (χ2n) is 5.68. The molecule has 2 rings (SSSR count). The predicted molar refractivity (Wildman–Crippen MR) is 100 cm³/mol. The van der Waals surface area contributed by atoms with Crippen molar-refractivity contribution in [2.75, 3.05) is 5.32 Å². The van der Waals surface area contributed by atoms with Crippen LogP contribution in [0.3, 0.4) is 0 Å². The molecule has 0 radical (unpaired) electrons. The summed E-state index contributed by atoms with van der Waals surface area (Å²) in [5, 5.41) is 13.6. The van der Waals surface area contributed by atoms with Crippen molar-refractivity contribution in [3.63, 3.8) is 0 Å². The van der Waals surface area contributed by atoms with Gasteiger partial charge in [0.25, 0.3) is 0 Å². The van der Waals surface area contributed by atoms with E-state index in [1.165, 1.54) is 0 Å². The molecule has 24 heavy (non-hydrogen) atoms. The molecule has 0 spiro atoms. The first-order chi connectivity index (χ1) is 11.5. The molecule has 4 nitrogen and oxygen atoms in total. The van der Waals surface area contributed by atoms with Gasteiger partial charge in [0, 0.05) is 27.8 Å². The summed E-state index contributed by atoms with van der Waals surface area (Å²) in [7, 11) is 0. The lowest BCUT2D eigenvalue weighted by molar-refractivity contribution is 0.479. The lowest BCUT2D eigenvalue weighted by Gasteiger charge is -2.26. The van der Waals surface area contributed by atoms with Gasteiger partial charge in [-0.15, -0.1) is 0 Å². The molecule has 0 aliphatic heterocycles. The lowest BCUT2D eigenvalue weighted by atomic mass is 9.94. The van der Waals surface area contributed by atoms with Crippen molar-refractivity contribution in [1.29, 1.82) is 5.26 Å². The van der Waals surface area contributed by atoms with Crippen molar-refractivity contribution < 1.29 is 0 Å². The average Bonchev–Trinajstić information content (AvgIpc) is 2.54. The van der Waals surface area contributed by atoms with E-state index in [2.05, 4.69) is 11.4 Å². The van der Waals surface area contributed by atoms with Crippen molar-refractivity contribution in [3.8, 4) is 6.07 Å². The maximum absolute atomic E-state index is 9.09. The monoisotopic (exact) mass is 362 g/mol. The number of anilines is 1. The normalized spacial score (nSPS) is 14.5. The number of nitrogens with zero attached hydrogens (tertiary/aromatic N) is 1. The highest BCUT2D eigenvalue weighted by Crippen LogP contribution is 2.22. The number of hydrogen-bond acceptors (Lipinski definition) is 4. The van der Waals surface area contributed by atoms with E-state index in [9.17, 15) is 0 Å². The van der Waals surface area contributed by atoms with Gasteiger partial charge in [-0.25, -0.2) is 0 Å². The Morgan fingerprint density at radius 1 is 1.04 bits per heavy atom. The van der Waals surface area contributed by atoms with E-state index < -0.39 is 0 Å². The SMILES string of the molecule is N#CCC(Nc1cccc(Cl)c1)C(N)CC(N)c1cccc(Cl)c1. The summed E-state index contributed by atoms with van der Waals surface area (Å²) in [4.78, 5) is 0. The molecule has 6 heteroatoms. The Bertz CT molecular complexity index is 714. The van der Waals surface area contributed by atoms with E-state index in [1.54, 1.807) is 18.2 Å². The second kappa shape index (κ2) is 8.91. The van der Waals surface area contributed by atoms with Gasteiger partial charge in [0.2, 0.25) is 0 Å². The molecule has 0 saturated carbocycles. The number of nitrogens with one attached hydrogen (secondary N) is 1. The van der Waals surface area contributed by atoms with Crippen molar-refractivity contribution in [1.82, 2.24) is 0 Å². The Morgan fingerprint density at radius 3 is 2.33 bits per heavy atom. The number of halogens is 2. The van der Waals surface area contributed by atoms with Gasteiger partial charge in [-0.1, -0.05) is 41.4 Å². The molecule has 0 saturated heterocycles. The Hall–Kier alpha value is -1.77. The molecule has 0 bridgehead atoms. The molecule has 0 amide bonds. The van der Waals surface area contributed by atoms with E-state index in [1.807, 2.05) is 30.3 Å². The number of rotatable bonds is 7. The minimum Gasteiger partial charge on any atom is -0.380 e. The minimum absolute atomic E-state index is 0.223. The van der Waals surface area contributed by atoms with Crippen molar-refractivity contribution in [2.24, 2.45) is 11.5 Å². The molecule has 2 aromatic carbocycles. The van der Waals surface area contributed by atoms with Gasteiger partial charge in [-0.2, -0.15) is 5.26 Å². The van der Waals surface area contributed by atoms with Crippen LogP contribution in [0.5, 0.6) is 0 Å². The molecule has 3 unspecified atom stereocenters. The van der Waals surface area contributed by atoms with Crippen LogP contribution in [-0.4, -0.2) is 12.1 Å². The molecule has 3 atom stereocenters. The quantitative estimate of drug-likeness (QED) is 0.691. The summed E-state index contributed by atoms with van der Waals surface area (Å²) in [6.07, 6.45) is 0.802. The van der Waals surface area contributed by atoms with Crippen molar-refractivity contribution >= 4 is 28.9 Å². The van der Waals surface area contributed by atoms with Gasteiger partial charge in [0.05, 0.1) is 18.5 Å². The van der Waals surface area contributed by atoms with E-state index in [4.69, 9.17) is 39.9 Å². The zero-order valence-electron chi connectivity index (χ0n) is 13.1. The molecule has 0 aromatic heterocycles. The van der Waals surface area contributed by atoms with Crippen LogP contribution >= 0.6 is 23.2 Å². The van der Waals surface area contributed by atoms with E-state index in [0.29, 0.717) is 16.5 Å². The maximum atomic E-state index is 9.09. The highest BCUT2D eigenvalue weighted by Gasteiger charge is 2.21. The van der Waals surface area contributed by atoms with Gasteiger partial charge in [0.1, 0.15) is 0 Å². The summed E-state index contributed by atoms with van der Waals surface area (Å²) in [6, 6.07) is 16.2. The van der Waals surface area contributed by atoms with Crippen LogP contribution < -0.4 is 16.8 Å². The molecule has 0 aliphatic rings. The van der Waals surface area contributed by atoms with Crippen molar-refractivity contribution in [3.05, 3.63) is 64.1 Å². The van der Waals surface area contributed by atoms with Gasteiger partial charge in [-0.3, -0.25) is 0 Å². The van der Waals surface area contributed by atoms with Gasteiger partial charge >= 0.3 is 0 Å². The van der Waals surface area contributed by atoms with Crippen LogP contribution in [0, 0.1) is 11.3 Å². The van der Waals surface area contributed by atoms with Gasteiger partial charge < -0.3 is 16.8 Å². The van der Waals surface area contributed by atoms with Crippen LogP contribution in [0.4, 0.5) is 5.69 Å². The van der Waals surface area contributed by atoms with E-state index >= 15 is 0 Å². The third-order valence-corrected chi connectivity index (χ3v) is 4.28. The second-order valence-corrected chi connectivity index (χ2v) is 6.56.